The Morgan fingerprint density at radius 2 is 0.941 bits per heavy atom. The molecule has 0 saturated heterocycles. The van der Waals surface area contributed by atoms with Crippen LogP contribution in [0.3, 0.4) is 0 Å². The van der Waals surface area contributed by atoms with Crippen LogP contribution in [0.5, 0.6) is 0 Å². The standard InChI is InChI=1S/C62H54BN3S2/c1-60(2,3)37-24-28-40(29-25-37)64(41-30-26-38(27-31-41)61(4,5)6)42-32-33-47-50(36-42)65(49-21-15-18-44-43-16-10-12-22-53(43)67-58(44)49)51-34-39(62(7,8)9)35-52-55(51)63(47)48-20-14-19-46-56(48)66(52)57-45-17-11-13-23-54(45)68-59(46)57/h10-36H,1-9H3. The quantitative estimate of drug-likeness (QED) is 0.163. The maximum absolute atomic E-state index is 2.66. The van der Waals surface area contributed by atoms with Gasteiger partial charge in [0.05, 0.1) is 26.1 Å². The fourth-order valence-corrected chi connectivity index (χ4v) is 13.7. The van der Waals surface area contributed by atoms with Gasteiger partial charge in [-0.25, -0.2) is 0 Å². The SMILES string of the molecule is CC(C)(C)c1ccc(N(c2ccc(C(C)(C)C)cc2)c2ccc3c(c2)N(c2cccc4c2sc2ccccc24)c2cc(C(C)(C)C)cc4c2B3c2cccc3c5sc6ccccc6c5n-4c23)cc1. The van der Waals surface area contributed by atoms with Gasteiger partial charge >= 0.3 is 0 Å². The van der Waals surface area contributed by atoms with Crippen molar-refractivity contribution < 1.29 is 0 Å². The topological polar surface area (TPSA) is 11.4 Å². The Hall–Kier alpha value is -6.60. The highest BCUT2D eigenvalue weighted by molar-refractivity contribution is 7.27. The minimum atomic E-state index is -0.118. The summed E-state index contributed by atoms with van der Waals surface area (Å²) in [4.78, 5) is 5.12. The van der Waals surface area contributed by atoms with Crippen LogP contribution in [0.15, 0.2) is 164 Å². The summed E-state index contributed by atoms with van der Waals surface area (Å²) >= 11 is 3.84. The van der Waals surface area contributed by atoms with E-state index in [2.05, 4.69) is 240 Å². The van der Waals surface area contributed by atoms with Gasteiger partial charge in [0.1, 0.15) is 0 Å². The zero-order valence-electron chi connectivity index (χ0n) is 40.3. The number of hydrogen-bond acceptors (Lipinski definition) is 4. The molecule has 0 atom stereocenters. The van der Waals surface area contributed by atoms with Crippen molar-refractivity contribution in [3.05, 3.63) is 180 Å². The molecule has 6 heteroatoms. The van der Waals surface area contributed by atoms with E-state index in [4.69, 9.17) is 0 Å². The molecule has 0 amide bonds. The number of benzene rings is 8. The average Bonchev–Trinajstić information content (AvgIpc) is 4.00. The molecule has 68 heavy (non-hydrogen) atoms. The molecule has 2 aliphatic rings. The summed E-state index contributed by atoms with van der Waals surface area (Å²) in [6, 6.07) is 62.9. The molecule has 0 aliphatic carbocycles. The number of anilines is 6. The fraction of sp³-hybridized carbons (Fsp3) is 0.194. The Morgan fingerprint density at radius 1 is 0.397 bits per heavy atom. The summed E-state index contributed by atoms with van der Waals surface area (Å²) in [5.41, 5.74) is 19.1. The van der Waals surface area contributed by atoms with E-state index in [-0.39, 0.29) is 23.0 Å². The van der Waals surface area contributed by atoms with Crippen molar-refractivity contribution in [2.24, 2.45) is 0 Å². The van der Waals surface area contributed by atoms with Gasteiger partial charge in [-0.2, -0.15) is 0 Å². The highest BCUT2D eigenvalue weighted by Crippen LogP contribution is 2.50. The van der Waals surface area contributed by atoms with Crippen molar-refractivity contribution in [3.63, 3.8) is 0 Å². The van der Waals surface area contributed by atoms with Gasteiger partial charge in [-0.05, 0) is 116 Å². The Morgan fingerprint density at radius 3 is 1.60 bits per heavy atom. The van der Waals surface area contributed by atoms with Crippen molar-refractivity contribution in [1.29, 1.82) is 0 Å². The molecule has 2 aliphatic heterocycles. The van der Waals surface area contributed by atoms with E-state index in [9.17, 15) is 0 Å². The smallest absolute Gasteiger partial charge is 0.252 e. The van der Waals surface area contributed by atoms with E-state index < -0.39 is 0 Å². The van der Waals surface area contributed by atoms with Crippen LogP contribution in [0.2, 0.25) is 0 Å². The molecule has 332 valence electrons. The zero-order valence-corrected chi connectivity index (χ0v) is 42.0. The van der Waals surface area contributed by atoms with Gasteiger partial charge in [0.25, 0.3) is 6.71 Å². The van der Waals surface area contributed by atoms with Crippen LogP contribution in [-0.2, 0) is 16.2 Å². The van der Waals surface area contributed by atoms with E-state index >= 15 is 0 Å². The first-order valence-electron chi connectivity index (χ1n) is 24.1. The van der Waals surface area contributed by atoms with Crippen molar-refractivity contribution in [3.8, 4) is 5.69 Å². The van der Waals surface area contributed by atoms with Crippen LogP contribution < -0.4 is 26.2 Å². The van der Waals surface area contributed by atoms with Crippen LogP contribution in [0.1, 0.15) is 79.0 Å². The molecule has 0 N–H and O–H groups in total. The average molecular weight is 916 g/mol. The summed E-state index contributed by atoms with van der Waals surface area (Å²) in [5.74, 6) is 0. The first-order chi connectivity index (χ1) is 32.6. The molecule has 0 bridgehead atoms. The van der Waals surface area contributed by atoms with Gasteiger partial charge in [-0.1, -0.05) is 159 Å². The predicted molar refractivity (Wildman–Crippen MR) is 299 cm³/mol. The summed E-state index contributed by atoms with van der Waals surface area (Å²) in [5, 5.41) is 5.27. The van der Waals surface area contributed by atoms with Crippen LogP contribution in [0.4, 0.5) is 34.1 Å². The number of thiophene rings is 2. The number of hydrogen-bond donors (Lipinski definition) is 0. The summed E-state index contributed by atoms with van der Waals surface area (Å²) in [6.45, 7) is 20.9. The zero-order chi connectivity index (χ0) is 46.6. The van der Waals surface area contributed by atoms with Crippen molar-refractivity contribution >= 4 is 131 Å². The van der Waals surface area contributed by atoms with Crippen molar-refractivity contribution in [2.75, 3.05) is 9.80 Å². The molecule has 0 radical (unpaired) electrons. The molecule has 8 aromatic carbocycles. The molecule has 13 rings (SSSR count). The molecule has 3 nitrogen and oxygen atoms in total. The Balaban J connectivity index is 1.14. The Kier molecular flexibility index (Phi) is 8.84. The molecular formula is C62H54BN3S2. The Labute approximate surface area is 408 Å². The molecule has 5 heterocycles. The van der Waals surface area contributed by atoms with Gasteiger partial charge in [-0.3, -0.25) is 0 Å². The molecular weight excluding hydrogens is 862 g/mol. The van der Waals surface area contributed by atoms with E-state index in [0.717, 1.165) is 17.1 Å². The van der Waals surface area contributed by atoms with Gasteiger partial charge in [0, 0.05) is 65.1 Å². The molecule has 0 saturated carbocycles. The Bertz CT molecular complexity index is 3810. The van der Waals surface area contributed by atoms with Gasteiger partial charge < -0.3 is 14.4 Å². The van der Waals surface area contributed by atoms with E-state index in [1.807, 2.05) is 22.7 Å². The van der Waals surface area contributed by atoms with Crippen LogP contribution in [-0.4, -0.2) is 11.3 Å². The lowest BCUT2D eigenvalue weighted by molar-refractivity contribution is 0.590. The summed E-state index contributed by atoms with van der Waals surface area (Å²) in [7, 11) is 0. The van der Waals surface area contributed by atoms with Crippen LogP contribution in [0, 0.1) is 0 Å². The minimum absolute atomic E-state index is 0.0213. The molecule has 3 aromatic heterocycles. The third-order valence-electron chi connectivity index (χ3n) is 14.8. The minimum Gasteiger partial charge on any atom is -0.310 e. The van der Waals surface area contributed by atoms with Crippen molar-refractivity contribution in [1.82, 2.24) is 4.57 Å². The van der Waals surface area contributed by atoms with Gasteiger partial charge in [-0.15, -0.1) is 22.7 Å². The maximum atomic E-state index is 2.66. The first-order valence-corrected chi connectivity index (χ1v) is 25.8. The highest BCUT2D eigenvalue weighted by atomic mass is 32.1. The van der Waals surface area contributed by atoms with Gasteiger partial charge in [0.2, 0.25) is 0 Å². The first kappa shape index (κ1) is 41.6. The number of nitrogens with zero attached hydrogens (tertiary/aromatic N) is 3. The second-order valence-corrected chi connectivity index (χ2v) is 24.3. The van der Waals surface area contributed by atoms with E-state index in [1.165, 1.54) is 107 Å². The summed E-state index contributed by atoms with van der Waals surface area (Å²) < 4.78 is 7.97. The highest BCUT2D eigenvalue weighted by Gasteiger charge is 2.44. The van der Waals surface area contributed by atoms with Crippen LogP contribution >= 0.6 is 22.7 Å². The largest absolute Gasteiger partial charge is 0.310 e. The van der Waals surface area contributed by atoms with E-state index in [0.29, 0.717) is 0 Å². The molecule has 11 aromatic rings. The maximum Gasteiger partial charge on any atom is 0.252 e. The third kappa shape index (κ3) is 6.09. The molecule has 0 fully saturated rings. The fourth-order valence-electron chi connectivity index (χ4n) is 11.3. The van der Waals surface area contributed by atoms with Gasteiger partial charge in [0.15, 0.2) is 0 Å². The lowest BCUT2D eigenvalue weighted by Crippen LogP contribution is -2.60. The third-order valence-corrected chi connectivity index (χ3v) is 17.2. The summed E-state index contributed by atoms with van der Waals surface area (Å²) in [6.07, 6.45) is 0. The molecule has 0 unspecified atom stereocenters. The van der Waals surface area contributed by atoms with Crippen molar-refractivity contribution in [2.45, 2.75) is 78.6 Å². The number of para-hydroxylation sites is 1. The van der Waals surface area contributed by atoms with E-state index in [1.54, 1.807) is 0 Å². The monoisotopic (exact) mass is 915 g/mol. The number of aromatic nitrogens is 1. The second-order valence-electron chi connectivity index (χ2n) is 22.2. The predicted octanol–water partition coefficient (Wildman–Crippen LogP) is 16.3. The number of fused-ring (bicyclic) bond motifs is 12. The molecule has 0 spiro atoms. The second kappa shape index (κ2) is 14.5. The normalized spacial score (nSPS) is 13.6. The van der Waals surface area contributed by atoms with Crippen LogP contribution in [0.25, 0.3) is 57.1 Å². The number of rotatable bonds is 4. The lowest BCUT2D eigenvalue weighted by atomic mass is 9.33. The lowest BCUT2D eigenvalue weighted by Gasteiger charge is -2.42.